The van der Waals surface area contributed by atoms with Crippen molar-refractivity contribution < 1.29 is 21.6 Å². The quantitative estimate of drug-likeness (QED) is 0.568. The van der Waals surface area contributed by atoms with Crippen molar-refractivity contribution in [2.75, 3.05) is 26.7 Å². The molecule has 0 aromatic carbocycles. The van der Waals surface area contributed by atoms with Crippen molar-refractivity contribution in [3.8, 4) is 0 Å². The van der Waals surface area contributed by atoms with E-state index in [1.165, 1.54) is 11.4 Å². The molecule has 5 nitrogen and oxygen atoms in total. The summed E-state index contributed by atoms with van der Waals surface area (Å²) in [5.74, 6) is 0. The highest BCUT2D eigenvalue weighted by Crippen LogP contribution is 2.21. The second-order valence-electron chi connectivity index (χ2n) is 5.26. The maximum absolute atomic E-state index is 11.9. The molecule has 0 aliphatic rings. The van der Waals surface area contributed by atoms with Gasteiger partial charge in [-0.1, -0.05) is 13.8 Å². The van der Waals surface area contributed by atoms with Crippen LogP contribution in [0.25, 0.3) is 0 Å². The van der Waals surface area contributed by atoms with Gasteiger partial charge < -0.3 is 5.32 Å². The lowest BCUT2D eigenvalue weighted by Crippen LogP contribution is -2.40. The van der Waals surface area contributed by atoms with E-state index in [2.05, 4.69) is 10.0 Å². The maximum atomic E-state index is 11.9. The molecule has 0 saturated heterocycles. The Labute approximate surface area is 125 Å². The molecule has 0 fully saturated rings. The first-order chi connectivity index (χ1) is 9.54. The van der Waals surface area contributed by atoms with E-state index in [9.17, 15) is 21.6 Å². The highest BCUT2D eigenvalue weighted by Gasteiger charge is 2.26. The van der Waals surface area contributed by atoms with Crippen LogP contribution in [0.2, 0.25) is 0 Å². The van der Waals surface area contributed by atoms with E-state index in [1.54, 1.807) is 0 Å². The summed E-state index contributed by atoms with van der Waals surface area (Å²) in [5.41, 5.74) is 0. The molecule has 0 spiro atoms. The first-order valence-electron chi connectivity index (χ1n) is 7.05. The Morgan fingerprint density at radius 2 is 1.71 bits per heavy atom. The number of alkyl halides is 3. The molecule has 0 saturated carbocycles. The van der Waals surface area contributed by atoms with Crippen molar-refractivity contribution in [3.05, 3.63) is 0 Å². The van der Waals surface area contributed by atoms with Crippen LogP contribution in [0.15, 0.2) is 0 Å². The van der Waals surface area contributed by atoms with E-state index in [1.807, 2.05) is 13.8 Å². The Balaban J connectivity index is 3.85. The van der Waals surface area contributed by atoms with Crippen LogP contribution in [0.4, 0.5) is 13.2 Å². The third-order valence-electron chi connectivity index (χ3n) is 2.78. The average Bonchev–Trinajstić information content (AvgIpc) is 2.32. The van der Waals surface area contributed by atoms with Gasteiger partial charge in [-0.3, -0.25) is 0 Å². The van der Waals surface area contributed by atoms with E-state index in [0.29, 0.717) is 25.6 Å². The number of hydrogen-bond donors (Lipinski definition) is 2. The molecule has 0 radical (unpaired) electrons. The molecule has 9 heteroatoms. The minimum atomic E-state index is -4.18. The predicted molar refractivity (Wildman–Crippen MR) is 77.2 cm³/mol. The van der Waals surface area contributed by atoms with Crippen LogP contribution < -0.4 is 10.0 Å². The Morgan fingerprint density at radius 3 is 2.24 bits per heavy atom. The second-order valence-corrected chi connectivity index (χ2v) is 7.12. The summed E-state index contributed by atoms with van der Waals surface area (Å²) in [4.78, 5) is 0. The van der Waals surface area contributed by atoms with Gasteiger partial charge in [0.25, 0.3) is 10.2 Å². The number of hydrogen-bond acceptors (Lipinski definition) is 3. The fourth-order valence-electron chi connectivity index (χ4n) is 1.57. The zero-order valence-electron chi connectivity index (χ0n) is 12.8. The van der Waals surface area contributed by atoms with E-state index in [0.717, 1.165) is 0 Å². The smallest absolute Gasteiger partial charge is 0.314 e. The van der Waals surface area contributed by atoms with Crippen LogP contribution in [0, 0.1) is 0 Å². The minimum absolute atomic E-state index is 0.0208. The fraction of sp³-hybridized carbons (Fsp3) is 1.00. The average molecular weight is 333 g/mol. The van der Waals surface area contributed by atoms with Gasteiger partial charge in [0.15, 0.2) is 0 Å². The van der Waals surface area contributed by atoms with Gasteiger partial charge in [0.05, 0.1) is 0 Å². The second kappa shape index (κ2) is 9.60. The SMILES string of the molecule is CC(C)NCCCN(C)S(=O)(=O)NCCCCC(F)(F)F. The van der Waals surface area contributed by atoms with Gasteiger partial charge in [-0.2, -0.15) is 25.9 Å². The predicted octanol–water partition coefficient (Wildman–Crippen LogP) is 1.87. The normalized spacial score (nSPS) is 13.3. The molecule has 0 heterocycles. The summed E-state index contributed by atoms with van der Waals surface area (Å²) in [6, 6.07) is 0.346. The first kappa shape index (κ1) is 20.6. The van der Waals surface area contributed by atoms with Gasteiger partial charge in [-0.15, -0.1) is 0 Å². The molecule has 21 heavy (non-hydrogen) atoms. The van der Waals surface area contributed by atoms with E-state index < -0.39 is 22.8 Å². The molecule has 0 aromatic heterocycles. The summed E-state index contributed by atoms with van der Waals surface area (Å²) < 4.78 is 62.8. The molecule has 0 bridgehead atoms. The lowest BCUT2D eigenvalue weighted by molar-refractivity contribution is -0.135. The zero-order valence-corrected chi connectivity index (χ0v) is 13.6. The highest BCUT2D eigenvalue weighted by molar-refractivity contribution is 7.87. The van der Waals surface area contributed by atoms with Gasteiger partial charge in [-0.05, 0) is 25.8 Å². The van der Waals surface area contributed by atoms with Gasteiger partial charge in [0.1, 0.15) is 0 Å². The lowest BCUT2D eigenvalue weighted by Gasteiger charge is -2.18. The summed E-state index contributed by atoms with van der Waals surface area (Å²) in [7, 11) is -2.15. The zero-order chi connectivity index (χ0) is 16.5. The third kappa shape index (κ3) is 11.9. The molecular formula is C12H26F3N3O2S. The Kier molecular flexibility index (Phi) is 9.43. The summed E-state index contributed by atoms with van der Waals surface area (Å²) >= 11 is 0. The summed E-state index contributed by atoms with van der Waals surface area (Å²) in [6.07, 6.45) is -4.30. The number of rotatable bonds is 11. The van der Waals surface area contributed by atoms with E-state index in [-0.39, 0.29) is 19.4 Å². The standard InChI is InChI=1S/C12H26F3N3O2S/c1-11(2)16-8-6-10-18(3)21(19,20)17-9-5-4-7-12(13,14)15/h11,16-17H,4-10H2,1-3H3. The molecule has 0 aliphatic heterocycles. The van der Waals surface area contributed by atoms with Gasteiger partial charge in [0, 0.05) is 32.6 Å². The largest absolute Gasteiger partial charge is 0.389 e. The van der Waals surface area contributed by atoms with Gasteiger partial charge >= 0.3 is 6.18 Å². The molecule has 0 atom stereocenters. The van der Waals surface area contributed by atoms with E-state index >= 15 is 0 Å². The molecule has 2 N–H and O–H groups in total. The first-order valence-corrected chi connectivity index (χ1v) is 8.49. The van der Waals surface area contributed by atoms with Crippen LogP contribution >= 0.6 is 0 Å². The Hall–Kier alpha value is -0.380. The number of nitrogens with zero attached hydrogens (tertiary/aromatic N) is 1. The number of halogens is 3. The third-order valence-corrected chi connectivity index (χ3v) is 4.36. The lowest BCUT2D eigenvalue weighted by atomic mass is 10.2. The molecule has 128 valence electrons. The van der Waals surface area contributed by atoms with Crippen molar-refractivity contribution in [1.82, 2.24) is 14.3 Å². The van der Waals surface area contributed by atoms with Crippen molar-refractivity contribution >= 4 is 10.2 Å². The molecule has 0 unspecified atom stereocenters. The Bertz CT molecular complexity index is 372. The monoisotopic (exact) mass is 333 g/mol. The van der Waals surface area contributed by atoms with Crippen LogP contribution in [0.5, 0.6) is 0 Å². The van der Waals surface area contributed by atoms with Crippen molar-refractivity contribution in [3.63, 3.8) is 0 Å². The fourth-order valence-corrected chi connectivity index (χ4v) is 2.57. The van der Waals surface area contributed by atoms with Crippen molar-refractivity contribution in [1.29, 1.82) is 0 Å². The maximum Gasteiger partial charge on any atom is 0.389 e. The molecule has 0 aliphatic carbocycles. The van der Waals surface area contributed by atoms with Gasteiger partial charge in [0.2, 0.25) is 0 Å². The number of unbranched alkanes of at least 4 members (excludes halogenated alkanes) is 1. The molecule has 0 rings (SSSR count). The van der Waals surface area contributed by atoms with Crippen molar-refractivity contribution in [2.24, 2.45) is 0 Å². The van der Waals surface area contributed by atoms with Crippen molar-refractivity contribution in [2.45, 2.75) is 51.7 Å². The van der Waals surface area contributed by atoms with Crippen LogP contribution in [-0.4, -0.2) is 51.6 Å². The summed E-state index contributed by atoms with van der Waals surface area (Å²) in [5, 5.41) is 3.18. The van der Waals surface area contributed by atoms with Gasteiger partial charge in [-0.25, -0.2) is 4.72 Å². The minimum Gasteiger partial charge on any atom is -0.314 e. The number of nitrogens with one attached hydrogen (secondary N) is 2. The highest BCUT2D eigenvalue weighted by atomic mass is 32.2. The van der Waals surface area contributed by atoms with Crippen LogP contribution in [0.3, 0.4) is 0 Å². The van der Waals surface area contributed by atoms with E-state index in [4.69, 9.17) is 0 Å². The summed E-state index contributed by atoms with van der Waals surface area (Å²) in [6.45, 7) is 5.10. The molecule has 0 amide bonds. The molecular weight excluding hydrogens is 307 g/mol. The van der Waals surface area contributed by atoms with Crippen LogP contribution in [0.1, 0.15) is 39.5 Å². The molecule has 0 aromatic rings. The van der Waals surface area contributed by atoms with Crippen LogP contribution in [-0.2, 0) is 10.2 Å². The topological polar surface area (TPSA) is 61.4 Å². The Morgan fingerprint density at radius 1 is 1.10 bits per heavy atom.